The van der Waals surface area contributed by atoms with E-state index in [4.69, 9.17) is 11.6 Å². The predicted octanol–water partition coefficient (Wildman–Crippen LogP) is 3.95. The Balaban J connectivity index is 2.84. The number of para-hydroxylation sites is 1. The summed E-state index contributed by atoms with van der Waals surface area (Å²) in [4.78, 5) is 1.24. The summed E-state index contributed by atoms with van der Waals surface area (Å²) < 4.78 is 49.7. The van der Waals surface area contributed by atoms with E-state index in [9.17, 15) is 17.6 Å². The van der Waals surface area contributed by atoms with E-state index >= 15 is 0 Å². The Kier molecular flexibility index (Phi) is 4.62. The summed E-state index contributed by atoms with van der Waals surface area (Å²) in [6.07, 6.45) is -5.24. The highest BCUT2D eigenvalue weighted by atomic mass is 35.5. The molecule has 0 spiro atoms. The van der Waals surface area contributed by atoms with Crippen LogP contribution in [0.25, 0.3) is 0 Å². The van der Waals surface area contributed by atoms with Crippen LogP contribution in [-0.2, 0) is 5.88 Å². The molecule has 1 aromatic carbocycles. The topological polar surface area (TPSA) is 3.24 Å². The van der Waals surface area contributed by atoms with Gasteiger partial charge < -0.3 is 4.90 Å². The maximum Gasteiger partial charge on any atom is 0.390 e. The van der Waals surface area contributed by atoms with Gasteiger partial charge in [-0.05, 0) is 11.6 Å². The molecule has 6 heteroatoms. The van der Waals surface area contributed by atoms with E-state index in [0.29, 0.717) is 5.56 Å². The van der Waals surface area contributed by atoms with E-state index in [0.717, 1.165) is 0 Å². The van der Waals surface area contributed by atoms with E-state index in [2.05, 4.69) is 0 Å². The number of alkyl halides is 4. The summed E-state index contributed by atoms with van der Waals surface area (Å²) >= 11 is 5.62. The Morgan fingerprint density at radius 3 is 2.47 bits per heavy atom. The molecule has 0 unspecified atom stereocenters. The van der Waals surface area contributed by atoms with E-state index in [1.165, 1.54) is 24.1 Å². The molecule has 0 atom stereocenters. The molecule has 0 saturated heterocycles. The summed E-state index contributed by atoms with van der Waals surface area (Å²) in [5, 5.41) is 0. The Hall–Kier alpha value is -0.970. The molecule has 0 radical (unpaired) electrons. The molecule has 1 rings (SSSR count). The molecule has 96 valence electrons. The van der Waals surface area contributed by atoms with E-state index in [1.807, 2.05) is 0 Å². The average Bonchev–Trinajstić information content (AvgIpc) is 2.24. The van der Waals surface area contributed by atoms with Crippen molar-refractivity contribution in [2.24, 2.45) is 0 Å². The first kappa shape index (κ1) is 14.1. The molecule has 0 saturated carbocycles. The van der Waals surface area contributed by atoms with Gasteiger partial charge in [0.2, 0.25) is 0 Å². The van der Waals surface area contributed by atoms with Gasteiger partial charge in [-0.1, -0.05) is 12.1 Å². The quantitative estimate of drug-likeness (QED) is 0.591. The first-order valence-electron chi connectivity index (χ1n) is 4.96. The van der Waals surface area contributed by atoms with Gasteiger partial charge in [0.1, 0.15) is 5.82 Å². The smallest absolute Gasteiger partial charge is 0.372 e. The number of anilines is 1. The standard InChI is InChI=1S/C11H12ClF4N/c1-17(6-5-11(14,15)16)10-8(7-12)3-2-4-9(10)13/h2-4H,5-7H2,1H3. The van der Waals surface area contributed by atoms with Crippen molar-refractivity contribution in [2.75, 3.05) is 18.5 Å². The second-order valence-corrected chi connectivity index (χ2v) is 3.94. The van der Waals surface area contributed by atoms with Gasteiger partial charge in [-0.2, -0.15) is 13.2 Å². The molecular weight excluding hydrogens is 258 g/mol. The first-order chi connectivity index (χ1) is 7.85. The second kappa shape index (κ2) is 5.58. The minimum atomic E-state index is -4.25. The molecule has 0 N–H and O–H groups in total. The van der Waals surface area contributed by atoms with E-state index in [1.54, 1.807) is 6.07 Å². The SMILES string of the molecule is CN(CCC(F)(F)F)c1c(F)cccc1CCl. The van der Waals surface area contributed by atoms with Crippen LogP contribution in [-0.4, -0.2) is 19.8 Å². The Morgan fingerprint density at radius 2 is 1.94 bits per heavy atom. The van der Waals surface area contributed by atoms with Crippen molar-refractivity contribution in [1.82, 2.24) is 0 Å². The minimum absolute atomic E-state index is 0.0590. The fourth-order valence-electron chi connectivity index (χ4n) is 1.50. The van der Waals surface area contributed by atoms with Crippen LogP contribution in [0.5, 0.6) is 0 Å². The van der Waals surface area contributed by atoms with Crippen molar-refractivity contribution in [1.29, 1.82) is 0 Å². The summed E-state index contributed by atoms with van der Waals surface area (Å²) in [6, 6.07) is 4.28. The second-order valence-electron chi connectivity index (χ2n) is 3.67. The van der Waals surface area contributed by atoms with E-state index < -0.39 is 18.4 Å². The van der Waals surface area contributed by atoms with Crippen LogP contribution >= 0.6 is 11.6 Å². The fourth-order valence-corrected chi connectivity index (χ4v) is 1.72. The molecule has 17 heavy (non-hydrogen) atoms. The van der Waals surface area contributed by atoms with Crippen LogP contribution in [0.2, 0.25) is 0 Å². The van der Waals surface area contributed by atoms with Crippen LogP contribution in [0.4, 0.5) is 23.2 Å². The zero-order valence-electron chi connectivity index (χ0n) is 9.19. The maximum absolute atomic E-state index is 13.5. The van der Waals surface area contributed by atoms with Crippen molar-refractivity contribution < 1.29 is 17.6 Å². The lowest BCUT2D eigenvalue weighted by molar-refractivity contribution is -0.132. The Bertz CT molecular complexity index is 378. The lowest BCUT2D eigenvalue weighted by Crippen LogP contribution is -2.25. The normalized spacial score (nSPS) is 11.6. The highest BCUT2D eigenvalue weighted by Crippen LogP contribution is 2.27. The fraction of sp³-hybridized carbons (Fsp3) is 0.455. The number of benzene rings is 1. The Labute approximate surface area is 102 Å². The third-order valence-electron chi connectivity index (χ3n) is 2.33. The molecule has 0 aliphatic carbocycles. The van der Waals surface area contributed by atoms with Crippen molar-refractivity contribution in [3.63, 3.8) is 0 Å². The molecular formula is C11H12ClF4N. The number of hydrogen-bond donors (Lipinski definition) is 0. The lowest BCUT2D eigenvalue weighted by atomic mass is 10.1. The minimum Gasteiger partial charge on any atom is -0.372 e. The van der Waals surface area contributed by atoms with Gasteiger partial charge >= 0.3 is 6.18 Å². The average molecular weight is 270 g/mol. The summed E-state index contributed by atoms with van der Waals surface area (Å²) in [6.45, 7) is -0.297. The van der Waals surface area contributed by atoms with Gasteiger partial charge in [0.15, 0.2) is 0 Å². The van der Waals surface area contributed by atoms with Crippen LogP contribution in [0, 0.1) is 5.82 Å². The van der Waals surface area contributed by atoms with Gasteiger partial charge in [-0.25, -0.2) is 4.39 Å². The number of rotatable bonds is 4. The predicted molar refractivity (Wildman–Crippen MR) is 59.9 cm³/mol. The van der Waals surface area contributed by atoms with Crippen LogP contribution in [0.3, 0.4) is 0 Å². The summed E-state index contributed by atoms with van der Waals surface area (Å²) in [5.41, 5.74) is 0.614. The maximum atomic E-state index is 13.5. The molecule has 0 aromatic heterocycles. The third-order valence-corrected chi connectivity index (χ3v) is 2.61. The first-order valence-corrected chi connectivity index (χ1v) is 5.50. The summed E-state index contributed by atoms with van der Waals surface area (Å²) in [5.74, 6) is -0.503. The van der Waals surface area contributed by atoms with Crippen molar-refractivity contribution in [3.8, 4) is 0 Å². The largest absolute Gasteiger partial charge is 0.390 e. The molecule has 0 aliphatic heterocycles. The summed E-state index contributed by atoms with van der Waals surface area (Å²) in [7, 11) is 1.42. The van der Waals surface area contributed by atoms with Gasteiger partial charge in [0.25, 0.3) is 0 Å². The van der Waals surface area contributed by atoms with Gasteiger partial charge in [-0.15, -0.1) is 11.6 Å². The number of halogens is 5. The van der Waals surface area contributed by atoms with Crippen molar-refractivity contribution >= 4 is 17.3 Å². The third kappa shape index (κ3) is 4.07. The molecule has 0 heterocycles. The number of hydrogen-bond acceptors (Lipinski definition) is 1. The van der Waals surface area contributed by atoms with Gasteiger partial charge in [0, 0.05) is 19.5 Å². The molecule has 0 bridgehead atoms. The highest BCUT2D eigenvalue weighted by Gasteiger charge is 2.27. The van der Waals surface area contributed by atoms with Gasteiger partial charge in [0.05, 0.1) is 12.1 Å². The zero-order chi connectivity index (χ0) is 13.1. The lowest BCUT2D eigenvalue weighted by Gasteiger charge is -2.23. The van der Waals surface area contributed by atoms with Crippen LogP contribution in [0.1, 0.15) is 12.0 Å². The van der Waals surface area contributed by atoms with E-state index in [-0.39, 0.29) is 18.1 Å². The zero-order valence-corrected chi connectivity index (χ0v) is 9.95. The highest BCUT2D eigenvalue weighted by molar-refractivity contribution is 6.17. The molecule has 0 aliphatic rings. The van der Waals surface area contributed by atoms with Crippen LogP contribution in [0.15, 0.2) is 18.2 Å². The molecule has 1 nitrogen and oxygen atoms in total. The van der Waals surface area contributed by atoms with Gasteiger partial charge in [-0.3, -0.25) is 0 Å². The monoisotopic (exact) mass is 269 g/mol. The van der Waals surface area contributed by atoms with Crippen LogP contribution < -0.4 is 4.90 Å². The van der Waals surface area contributed by atoms with Crippen molar-refractivity contribution in [3.05, 3.63) is 29.6 Å². The molecule has 0 amide bonds. The molecule has 0 fully saturated rings. The Morgan fingerprint density at radius 1 is 1.29 bits per heavy atom. The van der Waals surface area contributed by atoms with Crippen molar-refractivity contribution in [2.45, 2.75) is 18.5 Å². The number of nitrogens with zero attached hydrogens (tertiary/aromatic N) is 1. The molecule has 1 aromatic rings.